The summed E-state index contributed by atoms with van der Waals surface area (Å²) < 4.78 is 5.20. The number of benzene rings is 1. The number of hydrogen-bond donors (Lipinski definition) is 5. The largest absolute Gasteiger partial charge is 0.480 e. The second-order valence-electron chi connectivity index (χ2n) is 8.02. The van der Waals surface area contributed by atoms with Crippen molar-refractivity contribution < 1.29 is 34.1 Å². The van der Waals surface area contributed by atoms with Crippen molar-refractivity contribution in [3.05, 3.63) is 35.3 Å². The first-order valence-corrected chi connectivity index (χ1v) is 10.8. The number of thiazole rings is 1. The van der Waals surface area contributed by atoms with Crippen molar-refractivity contribution >= 4 is 40.9 Å². The van der Waals surface area contributed by atoms with E-state index in [1.54, 1.807) is 45.0 Å². The van der Waals surface area contributed by atoms with E-state index in [2.05, 4.69) is 20.9 Å². The zero-order valence-electron chi connectivity index (χ0n) is 18.5. The van der Waals surface area contributed by atoms with Crippen LogP contribution < -0.4 is 16.0 Å². The summed E-state index contributed by atoms with van der Waals surface area (Å²) in [6.07, 6.45) is -0.580. The van der Waals surface area contributed by atoms with Gasteiger partial charge in [0.1, 0.15) is 28.4 Å². The number of carbonyl (C=O) groups excluding carboxylic acids is 3. The highest BCUT2D eigenvalue weighted by atomic mass is 32.1. The summed E-state index contributed by atoms with van der Waals surface area (Å²) in [6, 6.07) is 4.24. The van der Waals surface area contributed by atoms with Crippen LogP contribution in [0.4, 0.5) is 10.5 Å². The Balaban J connectivity index is 2.01. The number of carbonyl (C=O) groups is 4. The van der Waals surface area contributed by atoms with Crippen molar-refractivity contribution in [1.82, 2.24) is 15.6 Å². The molecule has 1 heterocycles. The van der Waals surface area contributed by atoms with Crippen molar-refractivity contribution in [3.63, 3.8) is 0 Å². The third-order valence-electron chi connectivity index (χ3n) is 4.05. The SMILES string of the molecule is C[C@H](NC(=O)[C@H](CO)NC(=O)c1csc(-c2ccc(NC(=O)OC(C)(C)C)cc2)n1)C(=O)O. The van der Waals surface area contributed by atoms with Gasteiger partial charge in [-0.15, -0.1) is 11.3 Å². The zero-order valence-corrected chi connectivity index (χ0v) is 19.4. The fraction of sp³-hybridized carbons (Fsp3) is 0.381. The predicted octanol–water partition coefficient (Wildman–Crippen LogP) is 1.84. The first kappa shape index (κ1) is 25.7. The third-order valence-corrected chi connectivity index (χ3v) is 4.94. The van der Waals surface area contributed by atoms with E-state index in [0.29, 0.717) is 16.3 Å². The van der Waals surface area contributed by atoms with Gasteiger partial charge in [-0.05, 0) is 52.0 Å². The summed E-state index contributed by atoms with van der Waals surface area (Å²) in [4.78, 5) is 51.4. The monoisotopic (exact) mass is 478 g/mol. The molecular formula is C21H26N4O7S. The second-order valence-corrected chi connectivity index (χ2v) is 8.88. The molecule has 1 aromatic heterocycles. The van der Waals surface area contributed by atoms with Gasteiger partial charge in [-0.25, -0.2) is 9.78 Å². The van der Waals surface area contributed by atoms with Gasteiger partial charge >= 0.3 is 12.1 Å². The van der Waals surface area contributed by atoms with E-state index < -0.39 is 48.2 Å². The van der Waals surface area contributed by atoms with Crippen molar-refractivity contribution in [3.8, 4) is 10.6 Å². The minimum Gasteiger partial charge on any atom is -0.480 e. The molecule has 0 aliphatic carbocycles. The van der Waals surface area contributed by atoms with E-state index in [1.807, 2.05) is 0 Å². The Hall–Kier alpha value is -3.51. The molecule has 0 unspecified atom stereocenters. The number of carboxylic acids is 1. The molecule has 11 nitrogen and oxygen atoms in total. The van der Waals surface area contributed by atoms with E-state index in [1.165, 1.54) is 23.6 Å². The molecule has 0 fully saturated rings. The highest BCUT2D eigenvalue weighted by Gasteiger charge is 2.25. The Morgan fingerprint density at radius 3 is 2.30 bits per heavy atom. The maximum atomic E-state index is 12.4. The Labute approximate surface area is 194 Å². The fourth-order valence-electron chi connectivity index (χ4n) is 2.43. The number of aliphatic carboxylic acids is 1. The maximum absolute atomic E-state index is 12.4. The van der Waals surface area contributed by atoms with E-state index in [0.717, 1.165) is 0 Å². The van der Waals surface area contributed by atoms with E-state index >= 15 is 0 Å². The minimum atomic E-state index is -1.33. The second kappa shape index (κ2) is 10.9. The molecule has 5 N–H and O–H groups in total. The molecule has 0 aliphatic heterocycles. The van der Waals surface area contributed by atoms with Gasteiger partial charge in [-0.3, -0.25) is 19.7 Å². The Morgan fingerprint density at radius 1 is 1.12 bits per heavy atom. The number of aliphatic hydroxyl groups is 1. The molecule has 0 saturated heterocycles. The van der Waals surface area contributed by atoms with Crippen molar-refractivity contribution in [2.75, 3.05) is 11.9 Å². The Bertz CT molecular complexity index is 1010. The number of nitrogens with zero attached hydrogens (tertiary/aromatic N) is 1. The third kappa shape index (κ3) is 7.84. The smallest absolute Gasteiger partial charge is 0.412 e. The quantitative estimate of drug-likeness (QED) is 0.383. The standard InChI is InChI=1S/C21H26N4O7S/c1-11(19(29)30)22-16(27)14(9-26)24-17(28)15-10-33-18(25-15)12-5-7-13(8-6-12)23-20(31)32-21(2,3)4/h5-8,10-11,14,26H,9H2,1-4H3,(H,22,27)(H,23,31)(H,24,28)(H,29,30)/t11-,14-/m0/s1. The Kier molecular flexibility index (Phi) is 8.49. The molecule has 2 rings (SSSR count). The first-order valence-electron chi connectivity index (χ1n) is 9.90. The molecule has 33 heavy (non-hydrogen) atoms. The van der Waals surface area contributed by atoms with Gasteiger partial charge in [0.2, 0.25) is 5.91 Å². The number of amides is 3. The van der Waals surface area contributed by atoms with Gasteiger partial charge in [0.15, 0.2) is 0 Å². The van der Waals surface area contributed by atoms with Crippen molar-refractivity contribution in [1.29, 1.82) is 0 Å². The summed E-state index contributed by atoms with van der Waals surface area (Å²) in [5.41, 5.74) is 0.630. The molecule has 2 aromatic rings. The molecule has 0 radical (unpaired) electrons. The number of aliphatic hydroxyl groups excluding tert-OH is 1. The number of ether oxygens (including phenoxy) is 1. The van der Waals surface area contributed by atoms with Gasteiger partial charge in [-0.1, -0.05) is 0 Å². The average Bonchev–Trinajstić information content (AvgIpc) is 3.21. The molecule has 0 bridgehead atoms. The summed E-state index contributed by atoms with van der Waals surface area (Å²) >= 11 is 1.19. The van der Waals surface area contributed by atoms with Crippen molar-refractivity contribution in [2.24, 2.45) is 0 Å². The molecule has 3 amide bonds. The number of rotatable bonds is 8. The molecule has 0 spiro atoms. The number of anilines is 1. The van der Waals surface area contributed by atoms with Crippen LogP contribution in [0.15, 0.2) is 29.6 Å². The number of carboxylic acid groups (broad SMARTS) is 1. The minimum absolute atomic E-state index is 0.0310. The lowest BCUT2D eigenvalue weighted by Gasteiger charge is -2.19. The fourth-order valence-corrected chi connectivity index (χ4v) is 3.24. The Morgan fingerprint density at radius 2 is 1.76 bits per heavy atom. The maximum Gasteiger partial charge on any atom is 0.412 e. The topological polar surface area (TPSA) is 167 Å². The number of nitrogens with one attached hydrogen (secondary N) is 3. The van der Waals surface area contributed by atoms with Crippen LogP contribution in [0.1, 0.15) is 38.2 Å². The molecule has 0 saturated carbocycles. The van der Waals surface area contributed by atoms with Gasteiger partial charge < -0.3 is 25.6 Å². The van der Waals surface area contributed by atoms with Gasteiger partial charge in [0, 0.05) is 16.6 Å². The first-order chi connectivity index (χ1) is 15.4. The normalized spacial score (nSPS) is 12.9. The zero-order chi connectivity index (χ0) is 24.8. The van der Waals surface area contributed by atoms with Gasteiger partial charge in [0.25, 0.3) is 5.91 Å². The van der Waals surface area contributed by atoms with E-state index in [4.69, 9.17) is 9.84 Å². The predicted molar refractivity (Wildman–Crippen MR) is 121 cm³/mol. The van der Waals surface area contributed by atoms with Gasteiger partial charge in [-0.2, -0.15) is 0 Å². The van der Waals surface area contributed by atoms with Crippen LogP contribution in [0, 0.1) is 0 Å². The lowest BCUT2D eigenvalue weighted by atomic mass is 10.2. The van der Waals surface area contributed by atoms with Crippen LogP contribution in [-0.2, 0) is 14.3 Å². The molecule has 12 heteroatoms. The summed E-state index contributed by atoms with van der Waals surface area (Å²) in [5, 5.41) is 27.4. The molecule has 178 valence electrons. The van der Waals surface area contributed by atoms with E-state index in [-0.39, 0.29) is 5.69 Å². The van der Waals surface area contributed by atoms with Crippen LogP contribution in [0.5, 0.6) is 0 Å². The van der Waals surface area contributed by atoms with Crippen LogP contribution in [0.2, 0.25) is 0 Å². The molecular weight excluding hydrogens is 452 g/mol. The molecule has 1 aromatic carbocycles. The lowest BCUT2D eigenvalue weighted by Crippen LogP contribution is -2.52. The molecule has 2 atom stereocenters. The van der Waals surface area contributed by atoms with Gasteiger partial charge in [0.05, 0.1) is 6.61 Å². The summed E-state index contributed by atoms with van der Waals surface area (Å²) in [6.45, 7) is 5.83. The molecule has 0 aliphatic rings. The lowest BCUT2D eigenvalue weighted by molar-refractivity contribution is -0.141. The summed E-state index contributed by atoms with van der Waals surface area (Å²) in [7, 11) is 0. The number of hydrogen-bond acceptors (Lipinski definition) is 8. The highest BCUT2D eigenvalue weighted by Crippen LogP contribution is 2.25. The highest BCUT2D eigenvalue weighted by molar-refractivity contribution is 7.13. The van der Waals surface area contributed by atoms with Crippen LogP contribution in [0.25, 0.3) is 10.6 Å². The van der Waals surface area contributed by atoms with Crippen molar-refractivity contribution in [2.45, 2.75) is 45.4 Å². The number of aromatic nitrogens is 1. The average molecular weight is 479 g/mol. The van der Waals surface area contributed by atoms with E-state index in [9.17, 15) is 24.3 Å². The summed E-state index contributed by atoms with van der Waals surface area (Å²) in [5.74, 6) is -2.77. The van der Waals surface area contributed by atoms with Crippen LogP contribution in [-0.4, -0.2) is 63.4 Å². The van der Waals surface area contributed by atoms with Crippen LogP contribution >= 0.6 is 11.3 Å². The van der Waals surface area contributed by atoms with Crippen LogP contribution in [0.3, 0.4) is 0 Å².